The number of nitrogens with zero attached hydrogens (tertiary/aromatic N) is 2. The predicted molar refractivity (Wildman–Crippen MR) is 77.7 cm³/mol. The molecular weight excluding hydrogens is 210 g/mol. The van der Waals surface area contributed by atoms with Gasteiger partial charge in [0.1, 0.15) is 0 Å². The second-order valence-corrected chi connectivity index (χ2v) is 5.41. The minimum Gasteiger partial charge on any atom is -0.315 e. The van der Waals surface area contributed by atoms with Crippen molar-refractivity contribution in [2.24, 2.45) is 0 Å². The van der Waals surface area contributed by atoms with Crippen LogP contribution in [0, 0.1) is 0 Å². The summed E-state index contributed by atoms with van der Waals surface area (Å²) in [5, 5.41) is 3.47. The highest BCUT2D eigenvalue weighted by Crippen LogP contribution is 1.97. The normalized spacial score (nSPS) is 12.0. The van der Waals surface area contributed by atoms with Crippen molar-refractivity contribution in [1.29, 1.82) is 0 Å². The van der Waals surface area contributed by atoms with Gasteiger partial charge < -0.3 is 15.1 Å². The van der Waals surface area contributed by atoms with Crippen LogP contribution in [0.5, 0.6) is 0 Å². The number of rotatable bonds is 11. The van der Waals surface area contributed by atoms with E-state index in [0.717, 1.165) is 6.54 Å². The van der Waals surface area contributed by atoms with Gasteiger partial charge in [-0.15, -0.1) is 0 Å². The van der Waals surface area contributed by atoms with E-state index in [1.807, 2.05) is 0 Å². The molecule has 0 spiro atoms. The highest BCUT2D eigenvalue weighted by Gasteiger charge is 2.02. The summed E-state index contributed by atoms with van der Waals surface area (Å²) in [5.74, 6) is 0. The topological polar surface area (TPSA) is 18.5 Å². The maximum Gasteiger partial charge on any atom is 0.00103 e. The van der Waals surface area contributed by atoms with Crippen LogP contribution in [0.15, 0.2) is 0 Å². The van der Waals surface area contributed by atoms with Crippen molar-refractivity contribution in [1.82, 2.24) is 15.1 Å². The second-order valence-electron chi connectivity index (χ2n) is 5.41. The molecule has 0 aliphatic rings. The number of hydrogen-bond acceptors (Lipinski definition) is 3. The first-order valence-corrected chi connectivity index (χ1v) is 7.16. The zero-order chi connectivity index (χ0) is 13.1. The Hall–Kier alpha value is -0.120. The molecular formula is C14H33N3. The summed E-state index contributed by atoms with van der Waals surface area (Å²) in [5.41, 5.74) is 0. The van der Waals surface area contributed by atoms with Crippen molar-refractivity contribution in [3.8, 4) is 0 Å². The molecule has 0 fully saturated rings. The molecule has 0 aromatic carbocycles. The number of hydrogen-bond donors (Lipinski definition) is 1. The minimum atomic E-state index is 0.623. The van der Waals surface area contributed by atoms with Crippen LogP contribution in [0.2, 0.25) is 0 Å². The molecule has 0 saturated heterocycles. The summed E-state index contributed by atoms with van der Waals surface area (Å²) in [4.78, 5) is 4.83. The lowest BCUT2D eigenvalue weighted by Gasteiger charge is -2.21. The zero-order valence-electron chi connectivity index (χ0n) is 12.6. The Kier molecular flexibility index (Phi) is 10.9. The van der Waals surface area contributed by atoms with E-state index >= 15 is 0 Å². The van der Waals surface area contributed by atoms with Gasteiger partial charge in [0.05, 0.1) is 0 Å². The first-order chi connectivity index (χ1) is 8.06. The molecule has 0 atom stereocenters. The first kappa shape index (κ1) is 16.9. The zero-order valence-corrected chi connectivity index (χ0v) is 12.6. The van der Waals surface area contributed by atoms with Gasteiger partial charge in [0, 0.05) is 6.04 Å². The predicted octanol–water partition coefficient (Wildman–Crippen LogP) is 2.04. The third-order valence-corrected chi connectivity index (χ3v) is 2.98. The van der Waals surface area contributed by atoms with E-state index in [4.69, 9.17) is 0 Å². The van der Waals surface area contributed by atoms with Gasteiger partial charge >= 0.3 is 0 Å². The van der Waals surface area contributed by atoms with Crippen molar-refractivity contribution in [2.75, 3.05) is 46.8 Å². The van der Waals surface area contributed by atoms with E-state index in [1.165, 1.54) is 45.4 Å². The molecule has 3 heteroatoms. The molecule has 0 aliphatic carbocycles. The smallest absolute Gasteiger partial charge is 0.00103 e. The molecule has 0 aromatic heterocycles. The Balaban J connectivity index is 3.41. The van der Waals surface area contributed by atoms with E-state index in [1.54, 1.807) is 0 Å². The maximum absolute atomic E-state index is 3.47. The second kappa shape index (κ2) is 11.0. The van der Waals surface area contributed by atoms with Crippen LogP contribution in [0.4, 0.5) is 0 Å². The Labute approximate surface area is 109 Å². The number of nitrogens with one attached hydrogen (secondary N) is 1. The van der Waals surface area contributed by atoms with E-state index < -0.39 is 0 Å². The molecule has 0 unspecified atom stereocenters. The quantitative estimate of drug-likeness (QED) is 0.560. The molecule has 0 bridgehead atoms. The van der Waals surface area contributed by atoms with Crippen molar-refractivity contribution in [3.63, 3.8) is 0 Å². The van der Waals surface area contributed by atoms with Crippen molar-refractivity contribution in [3.05, 3.63) is 0 Å². The van der Waals surface area contributed by atoms with Gasteiger partial charge in [0.15, 0.2) is 0 Å². The van der Waals surface area contributed by atoms with Crippen molar-refractivity contribution in [2.45, 2.75) is 46.1 Å². The summed E-state index contributed by atoms with van der Waals surface area (Å²) in [6, 6.07) is 0.623. The Bertz CT molecular complexity index is 158. The Morgan fingerprint density at radius 1 is 0.941 bits per heavy atom. The van der Waals surface area contributed by atoms with Crippen LogP contribution in [0.25, 0.3) is 0 Å². The van der Waals surface area contributed by atoms with Gasteiger partial charge in [0.2, 0.25) is 0 Å². The summed E-state index contributed by atoms with van der Waals surface area (Å²) < 4.78 is 0. The van der Waals surface area contributed by atoms with Crippen LogP contribution in [0.3, 0.4) is 0 Å². The molecule has 0 radical (unpaired) electrons. The fraction of sp³-hybridized carbons (Fsp3) is 1.00. The van der Waals surface area contributed by atoms with Crippen molar-refractivity contribution < 1.29 is 0 Å². The molecule has 0 saturated carbocycles. The van der Waals surface area contributed by atoms with Crippen LogP contribution in [-0.4, -0.2) is 62.7 Å². The fourth-order valence-electron chi connectivity index (χ4n) is 1.89. The molecule has 104 valence electrons. The van der Waals surface area contributed by atoms with Crippen LogP contribution in [0.1, 0.15) is 40.0 Å². The Morgan fingerprint density at radius 3 is 2.12 bits per heavy atom. The molecule has 0 rings (SSSR count). The standard InChI is InChI=1S/C14H33N3/c1-6-17(13-9-11-16(4)5)12-8-7-10-15-14(2)3/h14-15H,6-13H2,1-5H3. The third-order valence-electron chi connectivity index (χ3n) is 2.98. The highest BCUT2D eigenvalue weighted by molar-refractivity contribution is 4.59. The molecule has 0 aromatic rings. The Morgan fingerprint density at radius 2 is 1.59 bits per heavy atom. The lowest BCUT2D eigenvalue weighted by atomic mass is 10.2. The van der Waals surface area contributed by atoms with Gasteiger partial charge in [0.25, 0.3) is 0 Å². The average Bonchev–Trinajstić information content (AvgIpc) is 2.25. The van der Waals surface area contributed by atoms with Crippen LogP contribution in [-0.2, 0) is 0 Å². The summed E-state index contributed by atoms with van der Waals surface area (Å²) >= 11 is 0. The molecule has 17 heavy (non-hydrogen) atoms. The monoisotopic (exact) mass is 243 g/mol. The summed E-state index contributed by atoms with van der Waals surface area (Å²) in [6.45, 7) is 12.7. The lowest BCUT2D eigenvalue weighted by molar-refractivity contribution is 0.261. The minimum absolute atomic E-state index is 0.623. The van der Waals surface area contributed by atoms with Crippen LogP contribution >= 0.6 is 0 Å². The van der Waals surface area contributed by atoms with Gasteiger partial charge in [-0.05, 0) is 66.1 Å². The van der Waals surface area contributed by atoms with Gasteiger partial charge in [-0.2, -0.15) is 0 Å². The molecule has 1 N–H and O–H groups in total. The average molecular weight is 243 g/mol. The van der Waals surface area contributed by atoms with Crippen LogP contribution < -0.4 is 5.32 Å². The SMILES string of the molecule is CCN(CCCCNC(C)C)CCCN(C)C. The third kappa shape index (κ3) is 12.1. The molecule has 0 amide bonds. The summed E-state index contributed by atoms with van der Waals surface area (Å²) in [7, 11) is 4.29. The van der Waals surface area contributed by atoms with E-state index in [-0.39, 0.29) is 0 Å². The summed E-state index contributed by atoms with van der Waals surface area (Å²) in [6.07, 6.45) is 3.89. The van der Waals surface area contributed by atoms with E-state index in [9.17, 15) is 0 Å². The van der Waals surface area contributed by atoms with Crippen molar-refractivity contribution >= 4 is 0 Å². The first-order valence-electron chi connectivity index (χ1n) is 7.16. The van der Waals surface area contributed by atoms with E-state index in [2.05, 4.69) is 50.0 Å². The fourth-order valence-corrected chi connectivity index (χ4v) is 1.89. The van der Waals surface area contributed by atoms with Gasteiger partial charge in [-0.1, -0.05) is 20.8 Å². The molecule has 0 aliphatic heterocycles. The van der Waals surface area contributed by atoms with E-state index in [0.29, 0.717) is 6.04 Å². The molecule has 0 heterocycles. The lowest BCUT2D eigenvalue weighted by Crippen LogP contribution is -2.29. The number of unbranched alkanes of at least 4 members (excludes halogenated alkanes) is 1. The highest BCUT2D eigenvalue weighted by atomic mass is 15.1. The van der Waals surface area contributed by atoms with Gasteiger partial charge in [-0.3, -0.25) is 0 Å². The van der Waals surface area contributed by atoms with Gasteiger partial charge in [-0.25, -0.2) is 0 Å². The largest absolute Gasteiger partial charge is 0.315 e. The maximum atomic E-state index is 3.47. The molecule has 3 nitrogen and oxygen atoms in total.